The smallest absolute Gasteiger partial charge is 0.340 e. The van der Waals surface area contributed by atoms with Crippen LogP contribution in [0.5, 0.6) is 11.5 Å². The summed E-state index contributed by atoms with van der Waals surface area (Å²) in [6, 6.07) is 8.49. The number of non-ortho nitro benzene ring substituents is 1. The number of nitro benzene ring substituents is 1. The molecule has 0 aliphatic rings. The molecule has 0 amide bonds. The van der Waals surface area contributed by atoms with Gasteiger partial charge in [-0.2, -0.15) is 0 Å². The van der Waals surface area contributed by atoms with E-state index in [9.17, 15) is 19.7 Å². The Balaban J connectivity index is 2.21. The van der Waals surface area contributed by atoms with Crippen LogP contribution in [-0.4, -0.2) is 51.6 Å². The highest BCUT2D eigenvalue weighted by molar-refractivity contribution is 6.02. The Kier molecular flexibility index (Phi) is 6.54. The molecule has 0 aromatic heterocycles. The van der Waals surface area contributed by atoms with E-state index in [2.05, 4.69) is 0 Å². The van der Waals surface area contributed by atoms with Crippen LogP contribution in [0.4, 0.5) is 11.4 Å². The molecule has 9 heteroatoms. The summed E-state index contributed by atoms with van der Waals surface area (Å²) in [4.78, 5) is 36.9. The highest BCUT2D eigenvalue weighted by Crippen LogP contribution is 2.27. The Hall–Kier alpha value is -3.62. The van der Waals surface area contributed by atoms with Gasteiger partial charge in [-0.3, -0.25) is 14.9 Å². The largest absolute Gasteiger partial charge is 0.497 e. The molecule has 0 bridgehead atoms. The number of Topliss-reactive ketones (excluding diaryl/α,β-unsaturated/α-hetero) is 1. The van der Waals surface area contributed by atoms with E-state index in [-0.39, 0.29) is 22.6 Å². The Morgan fingerprint density at radius 2 is 1.75 bits per heavy atom. The number of ketones is 1. The van der Waals surface area contributed by atoms with Gasteiger partial charge in [-0.25, -0.2) is 4.79 Å². The highest BCUT2D eigenvalue weighted by atomic mass is 16.6. The van der Waals surface area contributed by atoms with E-state index in [0.29, 0.717) is 11.4 Å². The molecule has 2 aromatic carbocycles. The van der Waals surface area contributed by atoms with Crippen LogP contribution in [-0.2, 0) is 4.74 Å². The van der Waals surface area contributed by atoms with Gasteiger partial charge in [0.15, 0.2) is 6.61 Å². The third-order valence-corrected chi connectivity index (χ3v) is 3.94. The van der Waals surface area contributed by atoms with E-state index in [0.717, 1.165) is 6.07 Å². The average molecular weight is 388 g/mol. The molecule has 0 N–H and O–H groups in total. The van der Waals surface area contributed by atoms with Crippen LogP contribution >= 0.6 is 0 Å². The maximum atomic E-state index is 12.5. The summed E-state index contributed by atoms with van der Waals surface area (Å²) in [5.41, 5.74) is 0.405. The van der Waals surface area contributed by atoms with Crippen molar-refractivity contribution in [3.05, 3.63) is 57.6 Å². The van der Waals surface area contributed by atoms with Gasteiger partial charge in [0.2, 0.25) is 5.78 Å². The lowest BCUT2D eigenvalue weighted by atomic mass is 10.1. The number of ether oxygens (including phenoxy) is 3. The molecule has 0 atom stereocenters. The molecule has 0 spiro atoms. The van der Waals surface area contributed by atoms with Gasteiger partial charge in [0.1, 0.15) is 11.5 Å². The van der Waals surface area contributed by atoms with Crippen molar-refractivity contribution >= 4 is 23.1 Å². The lowest BCUT2D eigenvalue weighted by molar-refractivity contribution is -0.384. The van der Waals surface area contributed by atoms with Crippen molar-refractivity contribution in [2.45, 2.75) is 0 Å². The number of rotatable bonds is 8. The van der Waals surface area contributed by atoms with Crippen molar-refractivity contribution in [1.82, 2.24) is 0 Å². The van der Waals surface area contributed by atoms with Crippen LogP contribution in [0.3, 0.4) is 0 Å². The van der Waals surface area contributed by atoms with Crippen molar-refractivity contribution in [1.29, 1.82) is 0 Å². The maximum Gasteiger partial charge on any atom is 0.340 e. The number of nitro groups is 1. The van der Waals surface area contributed by atoms with Gasteiger partial charge >= 0.3 is 5.97 Å². The Morgan fingerprint density at radius 3 is 2.32 bits per heavy atom. The van der Waals surface area contributed by atoms with Gasteiger partial charge in [0, 0.05) is 32.3 Å². The first-order valence-corrected chi connectivity index (χ1v) is 8.16. The Labute approximate surface area is 161 Å². The summed E-state index contributed by atoms with van der Waals surface area (Å²) in [5, 5.41) is 11.0. The summed E-state index contributed by atoms with van der Waals surface area (Å²) < 4.78 is 15.3. The number of hydrogen-bond acceptors (Lipinski definition) is 8. The zero-order chi connectivity index (χ0) is 20.8. The molecule has 0 unspecified atom stereocenters. The molecule has 9 nitrogen and oxygen atoms in total. The number of methoxy groups -OCH3 is 2. The van der Waals surface area contributed by atoms with Crippen LogP contribution in [0.25, 0.3) is 0 Å². The van der Waals surface area contributed by atoms with Crippen molar-refractivity contribution < 1.29 is 28.7 Å². The van der Waals surface area contributed by atoms with Crippen molar-refractivity contribution in [3.8, 4) is 11.5 Å². The number of hydrogen-bond donors (Lipinski definition) is 0. The summed E-state index contributed by atoms with van der Waals surface area (Å²) in [5.74, 6) is -0.528. The zero-order valence-electron chi connectivity index (χ0n) is 15.9. The van der Waals surface area contributed by atoms with Crippen molar-refractivity contribution in [2.75, 3.05) is 39.8 Å². The SMILES string of the molecule is COc1ccc(C(=O)COC(=O)c2cc([N+](=O)[O-])ccc2N(C)C)c(OC)c1. The number of carbonyl (C=O) groups is 2. The second-order valence-corrected chi connectivity index (χ2v) is 5.92. The molecule has 2 rings (SSSR count). The van der Waals surface area contributed by atoms with Gasteiger partial charge in [-0.1, -0.05) is 0 Å². The van der Waals surface area contributed by atoms with E-state index >= 15 is 0 Å². The quantitative estimate of drug-likeness (QED) is 0.294. The number of anilines is 1. The van der Waals surface area contributed by atoms with Crippen LogP contribution in [0.2, 0.25) is 0 Å². The molecule has 0 fully saturated rings. The van der Waals surface area contributed by atoms with E-state index in [1.54, 1.807) is 31.1 Å². The molecular weight excluding hydrogens is 368 g/mol. The minimum absolute atomic E-state index is 0.00584. The molecule has 0 radical (unpaired) electrons. The van der Waals surface area contributed by atoms with Gasteiger partial charge in [0.25, 0.3) is 5.69 Å². The number of nitrogens with zero attached hydrogens (tertiary/aromatic N) is 2. The van der Waals surface area contributed by atoms with Crippen LogP contribution in [0.15, 0.2) is 36.4 Å². The first kappa shape index (κ1) is 20.7. The molecule has 0 aliphatic carbocycles. The van der Waals surface area contributed by atoms with E-state index in [1.165, 1.54) is 32.4 Å². The Bertz CT molecular complexity index is 909. The van der Waals surface area contributed by atoms with Gasteiger partial charge in [0.05, 0.1) is 36.0 Å². The van der Waals surface area contributed by atoms with E-state index in [4.69, 9.17) is 14.2 Å². The number of benzene rings is 2. The van der Waals surface area contributed by atoms with Crippen LogP contribution < -0.4 is 14.4 Å². The zero-order valence-corrected chi connectivity index (χ0v) is 15.9. The molecule has 148 valence electrons. The third-order valence-electron chi connectivity index (χ3n) is 3.94. The predicted molar refractivity (Wildman–Crippen MR) is 102 cm³/mol. The molecule has 0 saturated heterocycles. The second-order valence-electron chi connectivity index (χ2n) is 5.92. The summed E-state index contributed by atoms with van der Waals surface area (Å²) in [6.45, 7) is -0.545. The fourth-order valence-corrected chi connectivity index (χ4v) is 2.51. The molecular formula is C19H20N2O7. The van der Waals surface area contributed by atoms with Gasteiger partial charge < -0.3 is 19.1 Å². The minimum atomic E-state index is -0.840. The topological polar surface area (TPSA) is 108 Å². The highest BCUT2D eigenvalue weighted by Gasteiger charge is 2.21. The molecule has 0 saturated carbocycles. The van der Waals surface area contributed by atoms with Crippen molar-refractivity contribution in [2.24, 2.45) is 0 Å². The van der Waals surface area contributed by atoms with Crippen molar-refractivity contribution in [3.63, 3.8) is 0 Å². The van der Waals surface area contributed by atoms with E-state index in [1.807, 2.05) is 0 Å². The Morgan fingerprint density at radius 1 is 1.04 bits per heavy atom. The van der Waals surface area contributed by atoms with E-state index < -0.39 is 23.3 Å². The van der Waals surface area contributed by atoms with Crippen LogP contribution in [0, 0.1) is 10.1 Å². The normalized spacial score (nSPS) is 10.1. The molecule has 28 heavy (non-hydrogen) atoms. The molecule has 0 aliphatic heterocycles. The fourth-order valence-electron chi connectivity index (χ4n) is 2.51. The first-order chi connectivity index (χ1) is 13.3. The number of esters is 1. The lowest BCUT2D eigenvalue weighted by Gasteiger charge is -2.16. The lowest BCUT2D eigenvalue weighted by Crippen LogP contribution is -2.19. The predicted octanol–water partition coefficient (Wildman–Crippen LogP) is 2.72. The van der Waals surface area contributed by atoms with Gasteiger partial charge in [-0.15, -0.1) is 0 Å². The fraction of sp³-hybridized carbons (Fsp3) is 0.263. The average Bonchev–Trinajstić information content (AvgIpc) is 2.70. The maximum absolute atomic E-state index is 12.5. The third kappa shape index (κ3) is 4.56. The summed E-state index contributed by atoms with van der Waals surface area (Å²) in [7, 11) is 6.26. The summed E-state index contributed by atoms with van der Waals surface area (Å²) >= 11 is 0. The molecule has 2 aromatic rings. The monoisotopic (exact) mass is 388 g/mol. The first-order valence-electron chi connectivity index (χ1n) is 8.16. The minimum Gasteiger partial charge on any atom is -0.497 e. The standard InChI is InChI=1S/C19H20N2O7/c1-20(2)16-8-5-12(21(24)25)9-15(16)19(23)28-11-17(22)14-7-6-13(26-3)10-18(14)27-4/h5-10H,11H2,1-4H3. The molecule has 0 heterocycles. The second kappa shape index (κ2) is 8.85. The van der Waals surface area contributed by atoms with Gasteiger partial charge in [-0.05, 0) is 18.2 Å². The summed E-state index contributed by atoms with van der Waals surface area (Å²) in [6.07, 6.45) is 0. The number of carbonyl (C=O) groups excluding carboxylic acids is 2. The van der Waals surface area contributed by atoms with Crippen LogP contribution in [0.1, 0.15) is 20.7 Å².